The van der Waals surface area contributed by atoms with E-state index in [0.29, 0.717) is 18.0 Å². The largest absolute Gasteiger partial charge is 0.378 e. The molecule has 0 bridgehead atoms. The summed E-state index contributed by atoms with van der Waals surface area (Å²) in [5.74, 6) is 1.25. The molecule has 0 spiro atoms. The van der Waals surface area contributed by atoms with Crippen molar-refractivity contribution in [1.29, 1.82) is 0 Å². The molecule has 1 fully saturated rings. The van der Waals surface area contributed by atoms with Gasteiger partial charge in [-0.2, -0.15) is 20.1 Å². The Labute approximate surface area is 123 Å². The van der Waals surface area contributed by atoms with E-state index >= 15 is 0 Å². The number of nitrogen functional groups attached to an aromatic ring is 1. The molecule has 0 saturated carbocycles. The van der Waals surface area contributed by atoms with Crippen LogP contribution >= 0.6 is 0 Å². The van der Waals surface area contributed by atoms with E-state index in [-0.39, 0.29) is 5.95 Å². The van der Waals surface area contributed by atoms with Gasteiger partial charge >= 0.3 is 0 Å². The minimum absolute atomic E-state index is 0.206. The van der Waals surface area contributed by atoms with Crippen molar-refractivity contribution in [2.24, 2.45) is 0 Å². The summed E-state index contributed by atoms with van der Waals surface area (Å²) in [6, 6.07) is 1.81. The molecule has 0 radical (unpaired) electrons. The highest BCUT2D eigenvalue weighted by Gasteiger charge is 2.22. The molecule has 0 atom stereocenters. The number of piperidine rings is 1. The second kappa shape index (κ2) is 6.04. The van der Waals surface area contributed by atoms with Crippen LogP contribution in [0.4, 0.5) is 11.9 Å². The van der Waals surface area contributed by atoms with Crippen LogP contribution in [0.15, 0.2) is 18.5 Å². The van der Waals surface area contributed by atoms with Gasteiger partial charge in [-0.05, 0) is 25.8 Å². The molecule has 1 saturated heterocycles. The molecule has 1 aliphatic rings. The summed E-state index contributed by atoms with van der Waals surface area (Å²) in [5.41, 5.74) is 5.79. The van der Waals surface area contributed by atoms with E-state index in [1.165, 1.54) is 0 Å². The summed E-state index contributed by atoms with van der Waals surface area (Å²) in [6.45, 7) is 4.49. The maximum Gasteiger partial charge on any atom is 0.257 e. The first-order chi connectivity index (χ1) is 10.3. The number of ether oxygens (including phenoxy) is 1. The summed E-state index contributed by atoms with van der Waals surface area (Å²) in [7, 11) is 0. The number of nitrogens with two attached hydrogens (primary N) is 1. The highest BCUT2D eigenvalue weighted by molar-refractivity contribution is 5.38. The summed E-state index contributed by atoms with van der Waals surface area (Å²) in [5, 5.41) is 4.12. The first kappa shape index (κ1) is 13.7. The number of nitrogens with zero attached hydrogens (tertiary/aromatic N) is 6. The molecule has 0 aromatic carbocycles. The third-order valence-electron chi connectivity index (χ3n) is 3.47. The normalized spacial score (nSPS) is 16.3. The molecule has 8 nitrogen and oxygen atoms in total. The summed E-state index contributed by atoms with van der Waals surface area (Å²) < 4.78 is 7.23. The van der Waals surface area contributed by atoms with Gasteiger partial charge in [0.25, 0.3) is 5.95 Å². The van der Waals surface area contributed by atoms with Crippen LogP contribution in [0.5, 0.6) is 0 Å². The second-order valence-electron chi connectivity index (χ2n) is 4.89. The van der Waals surface area contributed by atoms with Gasteiger partial charge in [0.15, 0.2) is 0 Å². The molecule has 0 aliphatic carbocycles. The SMILES string of the molecule is CCOC1CCN(c2nc(N)nc(-n3cccn3)n2)CC1. The van der Waals surface area contributed by atoms with Crippen molar-refractivity contribution in [2.75, 3.05) is 30.3 Å². The Balaban J connectivity index is 1.77. The van der Waals surface area contributed by atoms with Crippen LogP contribution in [0, 0.1) is 0 Å². The maximum absolute atomic E-state index is 5.79. The van der Waals surface area contributed by atoms with Crippen molar-refractivity contribution in [3.63, 3.8) is 0 Å². The predicted octanol–water partition coefficient (Wildman–Crippen LogP) is 0.645. The standard InChI is InChI=1S/C13H19N7O/c1-2-21-10-4-8-19(9-5-10)12-16-11(14)17-13(18-12)20-7-3-6-15-20/h3,6-7,10H,2,4-5,8-9H2,1H3,(H2,14,16,17,18). The minimum Gasteiger partial charge on any atom is -0.378 e. The van der Waals surface area contributed by atoms with Gasteiger partial charge in [0.2, 0.25) is 11.9 Å². The number of anilines is 2. The molecule has 21 heavy (non-hydrogen) atoms. The molecule has 0 unspecified atom stereocenters. The van der Waals surface area contributed by atoms with Crippen LogP contribution in [0.25, 0.3) is 5.95 Å². The molecular formula is C13H19N7O. The smallest absolute Gasteiger partial charge is 0.257 e. The van der Waals surface area contributed by atoms with E-state index in [4.69, 9.17) is 10.5 Å². The third kappa shape index (κ3) is 3.10. The van der Waals surface area contributed by atoms with Crippen molar-refractivity contribution >= 4 is 11.9 Å². The third-order valence-corrected chi connectivity index (χ3v) is 3.47. The fourth-order valence-electron chi connectivity index (χ4n) is 2.46. The lowest BCUT2D eigenvalue weighted by molar-refractivity contribution is 0.0457. The highest BCUT2D eigenvalue weighted by atomic mass is 16.5. The van der Waals surface area contributed by atoms with Gasteiger partial charge in [-0.1, -0.05) is 0 Å². The molecule has 2 N–H and O–H groups in total. The average Bonchev–Trinajstić information content (AvgIpc) is 3.02. The topological polar surface area (TPSA) is 95.0 Å². The Kier molecular flexibility index (Phi) is 3.96. The lowest BCUT2D eigenvalue weighted by Gasteiger charge is -2.31. The molecular weight excluding hydrogens is 270 g/mol. The van der Waals surface area contributed by atoms with Crippen molar-refractivity contribution in [2.45, 2.75) is 25.9 Å². The molecule has 3 rings (SSSR count). The quantitative estimate of drug-likeness (QED) is 0.882. The molecule has 8 heteroatoms. The van der Waals surface area contributed by atoms with Crippen molar-refractivity contribution in [3.05, 3.63) is 18.5 Å². The van der Waals surface area contributed by atoms with Gasteiger partial charge in [0.1, 0.15) is 0 Å². The summed E-state index contributed by atoms with van der Waals surface area (Å²) >= 11 is 0. The zero-order chi connectivity index (χ0) is 14.7. The Morgan fingerprint density at radius 1 is 1.24 bits per heavy atom. The number of hydrogen-bond donors (Lipinski definition) is 1. The fourth-order valence-corrected chi connectivity index (χ4v) is 2.46. The van der Waals surface area contributed by atoms with Gasteiger partial charge in [-0.15, -0.1) is 0 Å². The highest BCUT2D eigenvalue weighted by Crippen LogP contribution is 2.19. The zero-order valence-electron chi connectivity index (χ0n) is 12.0. The minimum atomic E-state index is 0.206. The first-order valence-electron chi connectivity index (χ1n) is 7.14. The van der Waals surface area contributed by atoms with Crippen LogP contribution in [0.1, 0.15) is 19.8 Å². The van der Waals surface area contributed by atoms with Crippen LogP contribution < -0.4 is 10.6 Å². The van der Waals surface area contributed by atoms with Crippen LogP contribution in [0.3, 0.4) is 0 Å². The van der Waals surface area contributed by atoms with Crippen LogP contribution in [-0.4, -0.2) is 50.5 Å². The lowest BCUT2D eigenvalue weighted by atomic mass is 10.1. The number of aromatic nitrogens is 5. The Morgan fingerprint density at radius 3 is 2.67 bits per heavy atom. The Morgan fingerprint density at radius 2 is 2.00 bits per heavy atom. The summed E-state index contributed by atoms with van der Waals surface area (Å²) in [6.07, 6.45) is 5.72. The Bertz CT molecular complexity index is 578. The van der Waals surface area contributed by atoms with Crippen molar-refractivity contribution in [1.82, 2.24) is 24.7 Å². The summed E-state index contributed by atoms with van der Waals surface area (Å²) in [4.78, 5) is 14.9. The maximum atomic E-state index is 5.79. The first-order valence-corrected chi connectivity index (χ1v) is 7.14. The number of rotatable bonds is 4. The monoisotopic (exact) mass is 289 g/mol. The molecule has 1 aliphatic heterocycles. The predicted molar refractivity (Wildman–Crippen MR) is 78.2 cm³/mol. The van der Waals surface area contributed by atoms with Gasteiger partial charge in [0.05, 0.1) is 6.10 Å². The van der Waals surface area contributed by atoms with E-state index in [9.17, 15) is 0 Å². The van der Waals surface area contributed by atoms with Crippen LogP contribution in [0.2, 0.25) is 0 Å². The van der Waals surface area contributed by atoms with E-state index in [2.05, 4.69) is 25.0 Å². The number of hydrogen-bond acceptors (Lipinski definition) is 7. The Hall–Kier alpha value is -2.22. The van der Waals surface area contributed by atoms with Crippen LogP contribution in [-0.2, 0) is 4.74 Å². The second-order valence-corrected chi connectivity index (χ2v) is 4.89. The van der Waals surface area contributed by atoms with Gasteiger partial charge in [0, 0.05) is 32.1 Å². The van der Waals surface area contributed by atoms with Gasteiger partial charge in [-0.25, -0.2) is 4.68 Å². The van der Waals surface area contributed by atoms with E-state index < -0.39 is 0 Å². The fraction of sp³-hybridized carbons (Fsp3) is 0.538. The van der Waals surface area contributed by atoms with E-state index in [1.807, 2.05) is 13.0 Å². The lowest BCUT2D eigenvalue weighted by Crippen LogP contribution is -2.38. The van der Waals surface area contributed by atoms with Crippen molar-refractivity contribution < 1.29 is 4.74 Å². The molecule has 3 heterocycles. The van der Waals surface area contributed by atoms with E-state index in [1.54, 1.807) is 17.1 Å². The van der Waals surface area contributed by atoms with Gasteiger partial charge < -0.3 is 15.4 Å². The zero-order valence-corrected chi connectivity index (χ0v) is 12.0. The van der Waals surface area contributed by atoms with Gasteiger partial charge in [-0.3, -0.25) is 0 Å². The average molecular weight is 289 g/mol. The molecule has 112 valence electrons. The van der Waals surface area contributed by atoms with Crippen molar-refractivity contribution in [3.8, 4) is 5.95 Å². The van der Waals surface area contributed by atoms with E-state index in [0.717, 1.165) is 32.5 Å². The molecule has 2 aromatic heterocycles. The molecule has 2 aromatic rings. The molecule has 0 amide bonds.